The highest BCUT2D eigenvalue weighted by atomic mass is 35.5. The second-order valence-electron chi connectivity index (χ2n) is 7.84. The van der Waals surface area contributed by atoms with Crippen LogP contribution in [0.4, 0.5) is 4.39 Å². The minimum Gasteiger partial charge on any atom is -0.490 e. The van der Waals surface area contributed by atoms with E-state index >= 15 is 0 Å². The SMILES string of the molecule is CC(=O)c1cc(Cl)ccc1OCC(=O)N1C2CCC1CC(Oc1ccc(F)cc1)C2. The third kappa shape index (κ3) is 4.43. The first-order chi connectivity index (χ1) is 14.4. The predicted octanol–water partition coefficient (Wildman–Crippen LogP) is 4.66. The van der Waals surface area contributed by atoms with E-state index in [1.54, 1.807) is 30.3 Å². The summed E-state index contributed by atoms with van der Waals surface area (Å²) in [5, 5.41) is 0.445. The van der Waals surface area contributed by atoms with Crippen LogP contribution in [0.1, 0.15) is 43.0 Å². The number of piperidine rings is 1. The normalized spacial score (nSPS) is 22.6. The Morgan fingerprint density at radius 3 is 2.40 bits per heavy atom. The van der Waals surface area contributed by atoms with Gasteiger partial charge >= 0.3 is 0 Å². The summed E-state index contributed by atoms with van der Waals surface area (Å²) >= 11 is 5.96. The molecule has 2 aromatic rings. The Balaban J connectivity index is 1.37. The molecule has 2 bridgehead atoms. The third-order valence-corrected chi connectivity index (χ3v) is 6.00. The molecule has 4 rings (SSSR count). The Labute approximate surface area is 179 Å². The van der Waals surface area contributed by atoms with Crippen LogP contribution in [0.3, 0.4) is 0 Å². The minimum absolute atomic E-state index is 0.00138. The molecule has 2 saturated heterocycles. The first kappa shape index (κ1) is 20.7. The Morgan fingerprint density at radius 2 is 1.77 bits per heavy atom. The van der Waals surface area contributed by atoms with Crippen molar-refractivity contribution in [3.05, 3.63) is 58.9 Å². The predicted molar refractivity (Wildman–Crippen MR) is 111 cm³/mol. The van der Waals surface area contributed by atoms with Gasteiger partial charge in [-0.2, -0.15) is 0 Å². The van der Waals surface area contributed by atoms with Gasteiger partial charge in [0.2, 0.25) is 0 Å². The zero-order chi connectivity index (χ0) is 21.3. The van der Waals surface area contributed by atoms with E-state index in [0.29, 0.717) is 22.1 Å². The molecule has 0 aromatic heterocycles. The van der Waals surface area contributed by atoms with E-state index in [0.717, 1.165) is 25.7 Å². The van der Waals surface area contributed by atoms with Gasteiger partial charge in [0.15, 0.2) is 12.4 Å². The van der Waals surface area contributed by atoms with Gasteiger partial charge in [0.1, 0.15) is 23.4 Å². The smallest absolute Gasteiger partial charge is 0.261 e. The summed E-state index contributed by atoms with van der Waals surface area (Å²) in [5.41, 5.74) is 0.365. The number of carbonyl (C=O) groups is 2. The number of halogens is 2. The van der Waals surface area contributed by atoms with Crippen molar-refractivity contribution in [2.75, 3.05) is 6.61 Å². The van der Waals surface area contributed by atoms with Crippen LogP contribution in [0.15, 0.2) is 42.5 Å². The van der Waals surface area contributed by atoms with E-state index in [4.69, 9.17) is 21.1 Å². The van der Waals surface area contributed by atoms with Gasteiger partial charge in [0.05, 0.1) is 5.56 Å². The van der Waals surface area contributed by atoms with Crippen LogP contribution >= 0.6 is 11.6 Å². The molecule has 30 heavy (non-hydrogen) atoms. The lowest BCUT2D eigenvalue weighted by Gasteiger charge is -2.38. The molecule has 2 aliphatic heterocycles. The highest BCUT2D eigenvalue weighted by molar-refractivity contribution is 6.31. The molecule has 2 atom stereocenters. The van der Waals surface area contributed by atoms with Crippen molar-refractivity contribution in [3.8, 4) is 11.5 Å². The first-order valence-electron chi connectivity index (χ1n) is 10.1. The number of ether oxygens (including phenoxy) is 2. The molecule has 158 valence electrons. The molecule has 0 N–H and O–H groups in total. The van der Waals surface area contributed by atoms with Crippen molar-refractivity contribution in [3.63, 3.8) is 0 Å². The third-order valence-electron chi connectivity index (χ3n) is 5.77. The number of carbonyl (C=O) groups excluding carboxylic acids is 2. The van der Waals surface area contributed by atoms with E-state index in [9.17, 15) is 14.0 Å². The average Bonchev–Trinajstić information content (AvgIpc) is 2.99. The highest BCUT2D eigenvalue weighted by Crippen LogP contribution is 2.37. The lowest BCUT2D eigenvalue weighted by molar-refractivity contribution is -0.139. The van der Waals surface area contributed by atoms with E-state index in [-0.39, 0.29) is 42.3 Å². The Bertz CT molecular complexity index is 935. The molecule has 2 unspecified atom stereocenters. The summed E-state index contributed by atoms with van der Waals surface area (Å²) in [6, 6.07) is 11.0. The van der Waals surface area contributed by atoms with Crippen LogP contribution in [0.25, 0.3) is 0 Å². The molecule has 0 aliphatic carbocycles. The number of nitrogens with zero attached hydrogens (tertiary/aromatic N) is 1. The molecule has 2 aliphatic rings. The van der Waals surface area contributed by atoms with Crippen molar-refractivity contribution in [2.45, 2.75) is 50.8 Å². The second-order valence-corrected chi connectivity index (χ2v) is 8.27. The molecule has 2 aromatic carbocycles. The molecule has 7 heteroatoms. The molecular formula is C23H23ClFNO4. The maximum atomic E-state index is 13.1. The lowest BCUT2D eigenvalue weighted by atomic mass is 9.99. The topological polar surface area (TPSA) is 55.8 Å². The van der Waals surface area contributed by atoms with Crippen LogP contribution in [0.2, 0.25) is 5.02 Å². The van der Waals surface area contributed by atoms with Gasteiger partial charge in [-0.05, 0) is 62.2 Å². The van der Waals surface area contributed by atoms with E-state index in [1.807, 2.05) is 4.90 Å². The summed E-state index contributed by atoms with van der Waals surface area (Å²) in [4.78, 5) is 26.6. The zero-order valence-corrected chi connectivity index (χ0v) is 17.4. The van der Waals surface area contributed by atoms with Crippen LogP contribution in [0, 0.1) is 5.82 Å². The van der Waals surface area contributed by atoms with Crippen molar-refractivity contribution in [2.24, 2.45) is 0 Å². The number of ketones is 1. The van der Waals surface area contributed by atoms with Crippen LogP contribution in [-0.4, -0.2) is 41.4 Å². The number of rotatable bonds is 6. The molecule has 0 radical (unpaired) electrons. The molecule has 5 nitrogen and oxygen atoms in total. The fourth-order valence-electron chi connectivity index (χ4n) is 4.45. The van der Waals surface area contributed by atoms with Gasteiger partial charge in [-0.25, -0.2) is 4.39 Å². The summed E-state index contributed by atoms with van der Waals surface area (Å²) in [7, 11) is 0. The van der Waals surface area contributed by atoms with E-state index in [1.165, 1.54) is 19.1 Å². The fourth-order valence-corrected chi connectivity index (χ4v) is 4.63. The summed E-state index contributed by atoms with van der Waals surface area (Å²) < 4.78 is 24.8. The molecule has 0 spiro atoms. The van der Waals surface area contributed by atoms with E-state index < -0.39 is 0 Å². The van der Waals surface area contributed by atoms with Crippen molar-refractivity contribution < 1.29 is 23.5 Å². The minimum atomic E-state index is -0.295. The van der Waals surface area contributed by atoms with E-state index in [2.05, 4.69) is 0 Å². The molecule has 0 saturated carbocycles. The van der Waals surface area contributed by atoms with Crippen molar-refractivity contribution >= 4 is 23.3 Å². The van der Waals surface area contributed by atoms with Gasteiger partial charge in [-0.3, -0.25) is 9.59 Å². The maximum Gasteiger partial charge on any atom is 0.261 e. The quantitative estimate of drug-likeness (QED) is 0.624. The fraction of sp³-hybridized carbons (Fsp3) is 0.391. The van der Waals surface area contributed by atoms with Gasteiger partial charge in [0.25, 0.3) is 5.91 Å². The number of fused-ring (bicyclic) bond motifs is 2. The van der Waals surface area contributed by atoms with Crippen molar-refractivity contribution in [1.29, 1.82) is 0 Å². The number of hydrogen-bond donors (Lipinski definition) is 0. The van der Waals surface area contributed by atoms with Crippen LogP contribution in [-0.2, 0) is 4.79 Å². The Kier molecular flexibility index (Phi) is 5.95. The number of hydrogen-bond acceptors (Lipinski definition) is 4. The second kappa shape index (κ2) is 8.64. The maximum absolute atomic E-state index is 13.1. The van der Waals surface area contributed by atoms with Gasteiger partial charge < -0.3 is 14.4 Å². The lowest BCUT2D eigenvalue weighted by Crippen LogP contribution is -2.50. The summed E-state index contributed by atoms with van der Waals surface area (Å²) in [6.07, 6.45) is 3.33. The van der Waals surface area contributed by atoms with Gasteiger partial charge in [-0.15, -0.1) is 0 Å². The Morgan fingerprint density at radius 1 is 1.10 bits per heavy atom. The Hall–Kier alpha value is -2.60. The number of amides is 1. The standard InChI is InChI=1S/C23H23ClFNO4/c1-14(27)21-10-15(24)2-9-22(21)29-13-23(28)26-17-5-6-18(26)12-20(11-17)30-19-7-3-16(25)4-8-19/h2-4,7-10,17-18,20H,5-6,11-13H2,1H3. The largest absolute Gasteiger partial charge is 0.490 e. The summed E-state index contributed by atoms with van der Waals surface area (Å²) in [6.45, 7) is 1.31. The monoisotopic (exact) mass is 431 g/mol. The molecule has 2 fully saturated rings. The first-order valence-corrected chi connectivity index (χ1v) is 10.4. The molecule has 2 heterocycles. The highest BCUT2D eigenvalue weighted by Gasteiger charge is 2.44. The molecular weight excluding hydrogens is 409 g/mol. The van der Waals surface area contributed by atoms with Gasteiger partial charge in [0, 0.05) is 29.9 Å². The van der Waals surface area contributed by atoms with Crippen molar-refractivity contribution in [1.82, 2.24) is 4.90 Å². The van der Waals surface area contributed by atoms with Crippen LogP contribution < -0.4 is 9.47 Å². The van der Waals surface area contributed by atoms with Crippen LogP contribution in [0.5, 0.6) is 11.5 Å². The average molecular weight is 432 g/mol. The number of benzene rings is 2. The number of Topliss-reactive ketones (excluding diaryl/α,β-unsaturated/α-hetero) is 1. The zero-order valence-electron chi connectivity index (χ0n) is 16.6. The molecule has 1 amide bonds. The summed E-state index contributed by atoms with van der Waals surface area (Å²) in [5.74, 6) is 0.452. The van der Waals surface area contributed by atoms with Gasteiger partial charge in [-0.1, -0.05) is 11.6 Å².